The van der Waals surface area contributed by atoms with Crippen LogP contribution in [0.5, 0.6) is 0 Å². The van der Waals surface area contributed by atoms with Gasteiger partial charge in [-0.25, -0.2) is 4.98 Å². The van der Waals surface area contributed by atoms with Gasteiger partial charge < -0.3 is 10.2 Å². The van der Waals surface area contributed by atoms with Crippen LogP contribution in [0, 0.1) is 5.41 Å². The number of fused-ring (bicyclic) bond motifs is 1. The Kier molecular flexibility index (Phi) is 3.51. The highest BCUT2D eigenvalue weighted by Gasteiger charge is 2.36. The molecular formula is C15H21N3O2S. The summed E-state index contributed by atoms with van der Waals surface area (Å²) < 4.78 is 0. The van der Waals surface area contributed by atoms with Gasteiger partial charge in [-0.15, -0.1) is 0 Å². The van der Waals surface area contributed by atoms with Crippen molar-refractivity contribution in [3.05, 3.63) is 10.6 Å². The number of amides is 1. The predicted octanol–water partition coefficient (Wildman–Crippen LogP) is 2.01. The van der Waals surface area contributed by atoms with Gasteiger partial charge in [-0.2, -0.15) is 0 Å². The lowest BCUT2D eigenvalue weighted by molar-refractivity contribution is -0.123. The van der Waals surface area contributed by atoms with E-state index in [1.54, 1.807) is 0 Å². The maximum absolute atomic E-state index is 12.3. The first-order chi connectivity index (χ1) is 9.91. The minimum atomic E-state index is -0.172. The molecule has 5 nitrogen and oxygen atoms in total. The van der Waals surface area contributed by atoms with Crippen LogP contribution in [0.4, 0.5) is 5.13 Å². The van der Waals surface area contributed by atoms with Crippen LogP contribution in [0.25, 0.3) is 0 Å². The quantitative estimate of drug-likeness (QED) is 0.908. The van der Waals surface area contributed by atoms with Crippen LogP contribution in [0.3, 0.4) is 0 Å². The summed E-state index contributed by atoms with van der Waals surface area (Å²) in [4.78, 5) is 31.8. The number of anilines is 1. The molecule has 0 aromatic carbocycles. The Morgan fingerprint density at radius 2 is 2.14 bits per heavy atom. The number of nitrogens with one attached hydrogen (secondary N) is 1. The first kappa shape index (κ1) is 14.5. The van der Waals surface area contributed by atoms with E-state index in [0.717, 1.165) is 35.1 Å². The van der Waals surface area contributed by atoms with Crippen molar-refractivity contribution in [2.75, 3.05) is 18.0 Å². The highest BCUT2D eigenvalue weighted by Crippen LogP contribution is 2.39. The number of Topliss-reactive ketones (excluding diaryl/α,β-unsaturated/α-hetero) is 1. The molecule has 114 valence electrons. The molecule has 1 aliphatic heterocycles. The zero-order valence-electron chi connectivity index (χ0n) is 12.7. The minimum Gasteiger partial charge on any atom is -0.353 e. The van der Waals surface area contributed by atoms with Gasteiger partial charge in [-0.1, -0.05) is 32.1 Å². The van der Waals surface area contributed by atoms with Crippen molar-refractivity contribution in [3.63, 3.8) is 0 Å². The van der Waals surface area contributed by atoms with Gasteiger partial charge in [0.15, 0.2) is 10.9 Å². The Morgan fingerprint density at radius 3 is 2.86 bits per heavy atom. The molecule has 21 heavy (non-hydrogen) atoms. The molecule has 3 rings (SSSR count). The number of rotatable bonds is 2. The lowest BCUT2D eigenvalue weighted by atomic mass is 9.78. The summed E-state index contributed by atoms with van der Waals surface area (Å²) in [7, 11) is 0. The number of hydrogen-bond acceptors (Lipinski definition) is 5. The third-order valence-electron chi connectivity index (χ3n) is 4.19. The van der Waals surface area contributed by atoms with Crippen molar-refractivity contribution in [1.29, 1.82) is 0 Å². The maximum Gasteiger partial charge on any atom is 0.242 e. The largest absolute Gasteiger partial charge is 0.353 e. The summed E-state index contributed by atoms with van der Waals surface area (Å²) in [5.41, 5.74) is 0.899. The molecule has 1 fully saturated rings. The summed E-state index contributed by atoms with van der Waals surface area (Å²) >= 11 is 1.46. The van der Waals surface area contributed by atoms with Crippen LogP contribution in [0.1, 0.15) is 49.0 Å². The number of aromatic nitrogens is 1. The van der Waals surface area contributed by atoms with Crippen LogP contribution in [-0.4, -0.2) is 35.8 Å². The van der Waals surface area contributed by atoms with E-state index in [2.05, 4.69) is 24.1 Å². The van der Waals surface area contributed by atoms with Crippen molar-refractivity contribution < 1.29 is 9.59 Å². The maximum atomic E-state index is 12.3. The van der Waals surface area contributed by atoms with E-state index < -0.39 is 0 Å². The van der Waals surface area contributed by atoms with Crippen molar-refractivity contribution in [2.45, 2.75) is 46.1 Å². The first-order valence-corrected chi connectivity index (χ1v) is 8.30. The van der Waals surface area contributed by atoms with E-state index in [1.807, 2.05) is 6.92 Å². The minimum absolute atomic E-state index is 0.0150. The lowest BCUT2D eigenvalue weighted by Gasteiger charge is -2.34. The fraction of sp³-hybridized carbons (Fsp3) is 0.667. The third kappa shape index (κ3) is 2.57. The molecule has 1 aromatic heterocycles. The molecule has 1 amide bonds. The Morgan fingerprint density at radius 1 is 1.38 bits per heavy atom. The average Bonchev–Trinajstić information content (AvgIpc) is 2.80. The van der Waals surface area contributed by atoms with Gasteiger partial charge in [0, 0.05) is 19.5 Å². The zero-order chi connectivity index (χ0) is 15.2. The van der Waals surface area contributed by atoms with Gasteiger partial charge in [0.1, 0.15) is 6.04 Å². The zero-order valence-corrected chi connectivity index (χ0v) is 13.5. The van der Waals surface area contributed by atoms with Crippen LogP contribution in [0.2, 0.25) is 0 Å². The summed E-state index contributed by atoms with van der Waals surface area (Å²) in [6.45, 7) is 7.61. The van der Waals surface area contributed by atoms with Crippen molar-refractivity contribution in [1.82, 2.24) is 10.3 Å². The molecule has 2 aliphatic rings. The van der Waals surface area contributed by atoms with E-state index in [9.17, 15) is 9.59 Å². The van der Waals surface area contributed by atoms with Gasteiger partial charge in [0.25, 0.3) is 0 Å². The van der Waals surface area contributed by atoms with E-state index >= 15 is 0 Å². The van der Waals surface area contributed by atoms with Crippen molar-refractivity contribution >= 4 is 28.2 Å². The van der Waals surface area contributed by atoms with Gasteiger partial charge in [-0.3, -0.25) is 9.59 Å². The van der Waals surface area contributed by atoms with Crippen LogP contribution in [-0.2, 0) is 11.2 Å². The fourth-order valence-electron chi connectivity index (χ4n) is 3.18. The standard InChI is InChI=1S/C15H21N3O2S/c1-4-10-13(20)16-5-6-18(10)14-17-9-7-15(2,3)8-11(19)12(9)21-14/h10H,4-8H2,1-3H3,(H,16,20). The van der Waals surface area contributed by atoms with E-state index in [0.29, 0.717) is 13.0 Å². The molecule has 0 spiro atoms. The second kappa shape index (κ2) is 5.09. The molecule has 1 aliphatic carbocycles. The number of nitrogens with zero attached hydrogens (tertiary/aromatic N) is 2. The summed E-state index contributed by atoms with van der Waals surface area (Å²) in [5.74, 6) is 0.253. The number of carbonyl (C=O) groups is 2. The summed E-state index contributed by atoms with van der Waals surface area (Å²) in [6.07, 6.45) is 2.16. The molecule has 1 unspecified atom stereocenters. The highest BCUT2D eigenvalue weighted by atomic mass is 32.1. The number of piperazine rings is 1. The molecule has 6 heteroatoms. The Bertz CT molecular complexity index is 594. The van der Waals surface area contributed by atoms with E-state index in [1.165, 1.54) is 11.3 Å². The van der Waals surface area contributed by atoms with Gasteiger partial charge >= 0.3 is 0 Å². The molecule has 1 N–H and O–H groups in total. The highest BCUT2D eigenvalue weighted by molar-refractivity contribution is 7.17. The molecule has 0 bridgehead atoms. The van der Waals surface area contributed by atoms with Gasteiger partial charge in [-0.05, 0) is 18.3 Å². The fourth-order valence-corrected chi connectivity index (χ4v) is 4.28. The first-order valence-electron chi connectivity index (χ1n) is 7.48. The van der Waals surface area contributed by atoms with Crippen LogP contribution >= 0.6 is 11.3 Å². The molecule has 0 saturated carbocycles. The molecule has 1 aromatic rings. The molecule has 1 saturated heterocycles. The number of hydrogen-bond donors (Lipinski definition) is 1. The topological polar surface area (TPSA) is 62.3 Å². The van der Waals surface area contributed by atoms with E-state index in [-0.39, 0.29) is 23.1 Å². The summed E-state index contributed by atoms with van der Waals surface area (Å²) in [5, 5.41) is 3.72. The van der Waals surface area contributed by atoms with Crippen molar-refractivity contribution in [3.8, 4) is 0 Å². The van der Waals surface area contributed by atoms with Gasteiger partial charge in [0.2, 0.25) is 5.91 Å². The molecule has 1 atom stereocenters. The van der Waals surface area contributed by atoms with Gasteiger partial charge in [0.05, 0.1) is 10.6 Å². The second-order valence-electron chi connectivity index (χ2n) is 6.62. The number of thiazole rings is 1. The normalized spacial score (nSPS) is 24.7. The second-order valence-corrected chi connectivity index (χ2v) is 7.60. The molecular weight excluding hydrogens is 286 g/mol. The number of ketones is 1. The third-order valence-corrected chi connectivity index (χ3v) is 5.36. The van der Waals surface area contributed by atoms with E-state index in [4.69, 9.17) is 4.98 Å². The van der Waals surface area contributed by atoms with Crippen molar-refractivity contribution in [2.24, 2.45) is 5.41 Å². The monoisotopic (exact) mass is 307 g/mol. The predicted molar refractivity (Wildman–Crippen MR) is 83.0 cm³/mol. The Balaban J connectivity index is 1.94. The van der Waals surface area contributed by atoms with Crippen LogP contribution < -0.4 is 10.2 Å². The Labute approximate surface area is 128 Å². The number of carbonyl (C=O) groups excluding carboxylic acids is 2. The van der Waals surface area contributed by atoms with Crippen LogP contribution in [0.15, 0.2) is 0 Å². The lowest BCUT2D eigenvalue weighted by Crippen LogP contribution is -2.55. The smallest absolute Gasteiger partial charge is 0.242 e. The molecule has 2 heterocycles. The average molecular weight is 307 g/mol. The summed E-state index contributed by atoms with van der Waals surface area (Å²) in [6, 6.07) is -0.172. The SMILES string of the molecule is CCC1C(=O)NCCN1c1nc2c(s1)C(=O)CC(C)(C)C2. The molecule has 0 radical (unpaired) electrons. The Hall–Kier alpha value is -1.43.